The van der Waals surface area contributed by atoms with E-state index in [0.29, 0.717) is 17.3 Å². The van der Waals surface area contributed by atoms with Crippen LogP contribution >= 0.6 is 15.9 Å². The van der Waals surface area contributed by atoms with E-state index in [0.717, 1.165) is 0 Å². The van der Waals surface area contributed by atoms with Crippen LogP contribution in [0.4, 0.5) is 14.7 Å². The number of aromatic nitrogens is 2. The van der Waals surface area contributed by atoms with Crippen molar-refractivity contribution in [1.82, 2.24) is 9.97 Å². The topological polar surface area (TPSA) is 46.1 Å². The molecule has 1 aromatic heterocycles. The highest BCUT2D eigenvalue weighted by Crippen LogP contribution is 2.29. The zero-order valence-electron chi connectivity index (χ0n) is 10.5. The zero-order valence-corrected chi connectivity index (χ0v) is 12.1. The molecule has 0 radical (unpaired) electrons. The van der Waals surface area contributed by atoms with Crippen molar-refractivity contribution in [3.8, 4) is 0 Å². The third kappa shape index (κ3) is 3.46. The van der Waals surface area contributed by atoms with E-state index in [2.05, 4.69) is 25.9 Å². The third-order valence-electron chi connectivity index (χ3n) is 3.03. The van der Waals surface area contributed by atoms with Crippen LogP contribution in [-0.2, 0) is 0 Å². The highest BCUT2D eigenvalue weighted by Gasteiger charge is 2.34. The Morgan fingerprint density at radius 3 is 2.63 bits per heavy atom. The minimum atomic E-state index is -2.60. The van der Waals surface area contributed by atoms with Gasteiger partial charge in [-0.05, 0) is 13.0 Å². The van der Waals surface area contributed by atoms with Crippen LogP contribution in [0.25, 0.3) is 0 Å². The van der Waals surface area contributed by atoms with Crippen molar-refractivity contribution in [3.63, 3.8) is 0 Å². The fraction of sp³-hybridized carbons (Fsp3) is 0.583. The number of carbonyl (C=O) groups is 1. The Hall–Kier alpha value is -1.11. The Balaban J connectivity index is 2.21. The van der Waals surface area contributed by atoms with Gasteiger partial charge in [0.2, 0.25) is 5.95 Å². The lowest BCUT2D eigenvalue weighted by Gasteiger charge is -2.31. The minimum Gasteiger partial charge on any atom is -0.340 e. The standard InChI is InChI=1S/C12H14BrF2N3O/c1-8-6-9(10(19)7-13)17-11(16-8)18-4-2-12(14,15)3-5-18/h6H,2-5,7H2,1H3. The molecule has 19 heavy (non-hydrogen) atoms. The Morgan fingerprint density at radius 1 is 1.42 bits per heavy atom. The Labute approximate surface area is 118 Å². The number of piperidine rings is 1. The summed E-state index contributed by atoms with van der Waals surface area (Å²) < 4.78 is 26.2. The Morgan fingerprint density at radius 2 is 2.05 bits per heavy atom. The van der Waals surface area contributed by atoms with Gasteiger partial charge in [0, 0.05) is 31.6 Å². The maximum atomic E-state index is 13.1. The Bertz CT molecular complexity index is 486. The third-order valence-corrected chi connectivity index (χ3v) is 3.54. The highest BCUT2D eigenvalue weighted by atomic mass is 79.9. The smallest absolute Gasteiger partial charge is 0.251 e. The summed E-state index contributed by atoms with van der Waals surface area (Å²) in [6.45, 7) is 2.17. The molecule has 0 aliphatic carbocycles. The molecule has 2 heterocycles. The van der Waals surface area contributed by atoms with Gasteiger partial charge >= 0.3 is 0 Å². The van der Waals surface area contributed by atoms with Crippen LogP contribution in [0.15, 0.2) is 6.07 Å². The SMILES string of the molecule is Cc1cc(C(=O)CBr)nc(N2CCC(F)(F)CC2)n1. The van der Waals surface area contributed by atoms with Crippen molar-refractivity contribution >= 4 is 27.7 Å². The molecule has 0 unspecified atom stereocenters. The van der Waals surface area contributed by atoms with Gasteiger partial charge in [-0.1, -0.05) is 15.9 Å². The first-order valence-corrected chi connectivity index (χ1v) is 7.11. The number of halogens is 3. The first kappa shape index (κ1) is 14.3. The second-order valence-corrected chi connectivity index (χ2v) is 5.16. The maximum Gasteiger partial charge on any atom is 0.251 e. The van der Waals surface area contributed by atoms with Crippen LogP contribution in [0.2, 0.25) is 0 Å². The number of hydrogen-bond donors (Lipinski definition) is 0. The van der Waals surface area contributed by atoms with Crippen molar-refractivity contribution in [2.75, 3.05) is 23.3 Å². The summed E-state index contributed by atoms with van der Waals surface area (Å²) in [5.41, 5.74) is 0.975. The second kappa shape index (κ2) is 5.48. The number of carbonyl (C=O) groups excluding carboxylic acids is 1. The first-order valence-electron chi connectivity index (χ1n) is 5.99. The molecule has 0 amide bonds. The molecule has 0 N–H and O–H groups in total. The largest absolute Gasteiger partial charge is 0.340 e. The monoisotopic (exact) mass is 333 g/mol. The van der Waals surface area contributed by atoms with Crippen LogP contribution in [0.5, 0.6) is 0 Å². The van der Waals surface area contributed by atoms with Crippen LogP contribution in [0.3, 0.4) is 0 Å². The fourth-order valence-corrected chi connectivity index (χ4v) is 2.23. The molecule has 7 heteroatoms. The summed E-state index contributed by atoms with van der Waals surface area (Å²) in [5, 5.41) is 0.182. The van der Waals surface area contributed by atoms with Crippen molar-refractivity contribution in [2.24, 2.45) is 0 Å². The number of aryl methyl sites for hydroxylation is 1. The molecule has 104 valence electrons. The molecule has 0 aromatic carbocycles. The summed E-state index contributed by atoms with van der Waals surface area (Å²) in [5.74, 6) is -2.39. The Kier molecular flexibility index (Phi) is 4.13. The van der Waals surface area contributed by atoms with Crippen molar-refractivity contribution in [3.05, 3.63) is 17.5 Å². The van der Waals surface area contributed by atoms with Gasteiger partial charge in [0.25, 0.3) is 5.92 Å². The number of anilines is 1. The van der Waals surface area contributed by atoms with Crippen LogP contribution in [-0.4, -0.2) is 40.1 Å². The summed E-state index contributed by atoms with van der Waals surface area (Å²) in [7, 11) is 0. The van der Waals surface area contributed by atoms with E-state index in [1.165, 1.54) is 0 Å². The van der Waals surface area contributed by atoms with Gasteiger partial charge in [-0.25, -0.2) is 18.7 Å². The van der Waals surface area contributed by atoms with E-state index in [1.807, 2.05) is 0 Å². The van der Waals surface area contributed by atoms with E-state index >= 15 is 0 Å². The van der Waals surface area contributed by atoms with Gasteiger partial charge in [0.15, 0.2) is 5.78 Å². The average Bonchev–Trinajstić information content (AvgIpc) is 2.37. The molecular weight excluding hydrogens is 320 g/mol. The average molecular weight is 334 g/mol. The van der Waals surface area contributed by atoms with E-state index in [1.54, 1.807) is 17.9 Å². The molecule has 0 bridgehead atoms. The van der Waals surface area contributed by atoms with Crippen molar-refractivity contribution in [1.29, 1.82) is 0 Å². The zero-order chi connectivity index (χ0) is 14.0. The van der Waals surface area contributed by atoms with Gasteiger partial charge in [-0.2, -0.15) is 0 Å². The summed E-state index contributed by atoms with van der Waals surface area (Å²) in [4.78, 5) is 21.7. The van der Waals surface area contributed by atoms with E-state index in [-0.39, 0.29) is 37.0 Å². The van der Waals surface area contributed by atoms with Crippen molar-refractivity contribution < 1.29 is 13.6 Å². The molecule has 1 saturated heterocycles. The lowest BCUT2D eigenvalue weighted by atomic mass is 10.1. The molecule has 0 spiro atoms. The van der Waals surface area contributed by atoms with Crippen LogP contribution in [0.1, 0.15) is 29.0 Å². The quantitative estimate of drug-likeness (QED) is 0.630. The number of Topliss-reactive ketones (excluding diaryl/α,β-unsaturated/α-hetero) is 1. The number of nitrogens with zero attached hydrogens (tertiary/aromatic N) is 3. The van der Waals surface area contributed by atoms with E-state index in [4.69, 9.17) is 0 Å². The van der Waals surface area contributed by atoms with Gasteiger partial charge in [0.1, 0.15) is 5.69 Å². The number of rotatable bonds is 3. The molecule has 1 aromatic rings. The molecule has 0 atom stereocenters. The van der Waals surface area contributed by atoms with Gasteiger partial charge in [-0.3, -0.25) is 4.79 Å². The highest BCUT2D eigenvalue weighted by molar-refractivity contribution is 9.09. The summed E-state index contributed by atoms with van der Waals surface area (Å²) in [6, 6.07) is 1.60. The van der Waals surface area contributed by atoms with Gasteiger partial charge in [0.05, 0.1) is 5.33 Å². The lowest BCUT2D eigenvalue weighted by Crippen LogP contribution is -2.40. The molecule has 4 nitrogen and oxygen atoms in total. The second-order valence-electron chi connectivity index (χ2n) is 4.59. The number of ketones is 1. The summed E-state index contributed by atoms with van der Waals surface area (Å²) in [6.07, 6.45) is -0.405. The van der Waals surface area contributed by atoms with Crippen molar-refractivity contribution in [2.45, 2.75) is 25.7 Å². The van der Waals surface area contributed by atoms with E-state index in [9.17, 15) is 13.6 Å². The maximum absolute atomic E-state index is 13.1. The van der Waals surface area contributed by atoms with Crippen LogP contribution in [0, 0.1) is 6.92 Å². The van der Waals surface area contributed by atoms with Crippen LogP contribution < -0.4 is 4.90 Å². The molecule has 1 fully saturated rings. The normalized spacial score (nSPS) is 18.4. The summed E-state index contributed by atoms with van der Waals surface area (Å²) >= 11 is 3.09. The fourth-order valence-electron chi connectivity index (χ4n) is 1.94. The predicted octanol–water partition coefficient (Wildman–Crippen LogP) is 2.60. The van der Waals surface area contributed by atoms with Gasteiger partial charge in [-0.15, -0.1) is 0 Å². The minimum absolute atomic E-state index is 0.144. The first-order chi connectivity index (χ1) is 8.91. The van der Waals surface area contributed by atoms with Gasteiger partial charge < -0.3 is 4.90 Å². The molecular formula is C12H14BrF2N3O. The number of alkyl halides is 3. The number of hydrogen-bond acceptors (Lipinski definition) is 4. The predicted molar refractivity (Wildman–Crippen MR) is 71.3 cm³/mol. The molecule has 1 aliphatic rings. The molecule has 2 rings (SSSR count). The van der Waals surface area contributed by atoms with E-state index < -0.39 is 5.92 Å². The molecule has 1 aliphatic heterocycles. The molecule has 0 saturated carbocycles. The lowest BCUT2D eigenvalue weighted by molar-refractivity contribution is -0.0222.